The van der Waals surface area contributed by atoms with Crippen LogP contribution in [0.4, 0.5) is 15.8 Å². The van der Waals surface area contributed by atoms with Gasteiger partial charge in [-0.05, 0) is 73.9 Å². The molecule has 2 aliphatic heterocycles. The number of carbonyl (C=O) groups excluding carboxylic acids is 2. The van der Waals surface area contributed by atoms with Crippen LogP contribution >= 0.6 is 12.2 Å². The molecule has 1 amide bonds. The van der Waals surface area contributed by atoms with Crippen molar-refractivity contribution in [3.05, 3.63) is 58.9 Å². The molecule has 1 atom stereocenters. The lowest BCUT2D eigenvalue weighted by Crippen LogP contribution is -2.50. The van der Waals surface area contributed by atoms with Gasteiger partial charge in [0.15, 0.2) is 10.7 Å². The Morgan fingerprint density at radius 2 is 2.03 bits per heavy atom. The number of rotatable bonds is 4. The summed E-state index contributed by atoms with van der Waals surface area (Å²) in [4.78, 5) is 28.9. The summed E-state index contributed by atoms with van der Waals surface area (Å²) in [6.07, 6.45) is 1.83. The molecule has 9 heteroatoms. The zero-order valence-electron chi connectivity index (χ0n) is 17.8. The molecule has 3 aliphatic rings. The number of amides is 1. The molecule has 3 fully saturated rings. The number of thiocarbonyl (C=S) groups is 1. The first-order valence-corrected chi connectivity index (χ1v) is 11.0. The first kappa shape index (κ1) is 21.5. The summed E-state index contributed by atoms with van der Waals surface area (Å²) >= 11 is 5.71. The van der Waals surface area contributed by atoms with Gasteiger partial charge in [0.05, 0.1) is 29.5 Å². The van der Waals surface area contributed by atoms with Crippen LogP contribution in [0.1, 0.15) is 40.7 Å². The molecule has 168 valence electrons. The van der Waals surface area contributed by atoms with E-state index in [1.807, 2.05) is 0 Å². The minimum Gasteiger partial charge on any atom is -0.459 e. The quantitative estimate of drug-likeness (QED) is 0.504. The summed E-state index contributed by atoms with van der Waals surface area (Å²) in [5.74, 6) is -1.71. The van der Waals surface area contributed by atoms with Crippen LogP contribution in [-0.2, 0) is 14.3 Å². The molecule has 33 heavy (non-hydrogen) atoms. The number of aryl methyl sites for hydroxylation is 1. The van der Waals surface area contributed by atoms with Gasteiger partial charge in [0, 0.05) is 18.7 Å². The lowest BCUT2D eigenvalue weighted by Gasteiger charge is -2.31. The Hall–Kier alpha value is -3.35. The number of carbonyl (C=O) groups is 2. The van der Waals surface area contributed by atoms with Gasteiger partial charge in [0.2, 0.25) is 0 Å². The Morgan fingerprint density at radius 1 is 1.27 bits per heavy atom. The van der Waals surface area contributed by atoms with Crippen LogP contribution in [0.2, 0.25) is 0 Å². The number of esters is 1. The number of hydrogen-bond acceptors (Lipinski definition) is 6. The normalized spacial score (nSPS) is 22.2. The van der Waals surface area contributed by atoms with E-state index in [4.69, 9.17) is 21.7 Å². The van der Waals surface area contributed by atoms with Crippen LogP contribution in [0.15, 0.2) is 36.4 Å². The van der Waals surface area contributed by atoms with Gasteiger partial charge in [-0.2, -0.15) is 5.26 Å². The first-order valence-electron chi connectivity index (χ1n) is 10.6. The molecule has 1 saturated carbocycles. The van der Waals surface area contributed by atoms with Gasteiger partial charge in [-0.25, -0.2) is 9.18 Å². The topological polar surface area (TPSA) is 82.9 Å². The molecule has 2 aromatic carbocycles. The van der Waals surface area contributed by atoms with Crippen LogP contribution in [0.3, 0.4) is 0 Å². The lowest BCUT2D eigenvalue weighted by molar-refractivity contribution is -0.121. The molecule has 5 rings (SSSR count). The van der Waals surface area contributed by atoms with Crippen LogP contribution < -0.4 is 9.80 Å². The van der Waals surface area contributed by atoms with Gasteiger partial charge >= 0.3 is 5.97 Å². The minimum atomic E-state index is -1.11. The maximum Gasteiger partial charge on any atom is 0.341 e. The Kier molecular flexibility index (Phi) is 5.15. The molecule has 2 saturated heterocycles. The molecular formula is C24H20FN3O4S. The van der Waals surface area contributed by atoms with Crippen LogP contribution in [0.5, 0.6) is 0 Å². The number of nitrogens with zero attached hydrogens (tertiary/aromatic N) is 3. The maximum atomic E-state index is 14.9. The lowest BCUT2D eigenvalue weighted by atomic mass is 9.95. The molecular weight excluding hydrogens is 445 g/mol. The molecule has 0 radical (unpaired) electrons. The van der Waals surface area contributed by atoms with Gasteiger partial charge in [0.25, 0.3) is 5.91 Å². The standard InChI is InChI=1S/C24H20FN3O4S/c1-14-10-16(3-2-15(14)12-26)27-22(30)24(8-9-31-13-24)28(23(27)33)17-4-7-19(20(25)11-17)21(29)32-18-5-6-18/h2-4,7,10-11,18H,5-6,8-9,13H2,1H3. The second-order valence-electron chi connectivity index (χ2n) is 8.47. The third kappa shape index (κ3) is 3.46. The summed E-state index contributed by atoms with van der Waals surface area (Å²) in [7, 11) is 0. The third-order valence-corrected chi connectivity index (χ3v) is 6.60. The number of benzene rings is 2. The van der Waals surface area contributed by atoms with Crippen molar-refractivity contribution in [2.75, 3.05) is 23.0 Å². The highest BCUT2D eigenvalue weighted by Crippen LogP contribution is 2.42. The van der Waals surface area contributed by atoms with E-state index in [1.54, 1.807) is 36.1 Å². The summed E-state index contributed by atoms with van der Waals surface area (Å²) in [6.45, 7) is 2.25. The molecule has 0 aromatic heterocycles. The van der Waals surface area contributed by atoms with E-state index in [2.05, 4.69) is 6.07 Å². The second kappa shape index (κ2) is 7.90. The van der Waals surface area contributed by atoms with E-state index in [1.165, 1.54) is 17.0 Å². The predicted octanol–water partition coefficient (Wildman–Crippen LogP) is 3.62. The molecule has 0 N–H and O–H groups in total. The van der Waals surface area contributed by atoms with Gasteiger partial charge < -0.3 is 14.4 Å². The highest BCUT2D eigenvalue weighted by Gasteiger charge is 2.58. The Labute approximate surface area is 195 Å². The SMILES string of the molecule is Cc1cc(N2C(=O)C3(CCOC3)N(c3ccc(C(=O)OC4CC4)c(F)c3)C2=S)ccc1C#N. The predicted molar refractivity (Wildman–Crippen MR) is 121 cm³/mol. The summed E-state index contributed by atoms with van der Waals surface area (Å²) < 4.78 is 25.7. The molecule has 2 aromatic rings. The van der Waals surface area contributed by atoms with Crippen molar-refractivity contribution in [3.8, 4) is 6.07 Å². The van der Waals surface area contributed by atoms with E-state index >= 15 is 0 Å². The number of nitriles is 1. The van der Waals surface area contributed by atoms with Crippen molar-refractivity contribution >= 4 is 40.6 Å². The minimum absolute atomic E-state index is 0.102. The second-order valence-corrected chi connectivity index (χ2v) is 8.84. The van der Waals surface area contributed by atoms with E-state index in [0.29, 0.717) is 35.5 Å². The van der Waals surface area contributed by atoms with E-state index in [0.717, 1.165) is 12.8 Å². The van der Waals surface area contributed by atoms with Crippen molar-refractivity contribution in [1.29, 1.82) is 5.26 Å². The number of halogens is 1. The molecule has 1 spiro atoms. The number of hydrogen-bond donors (Lipinski definition) is 0. The van der Waals surface area contributed by atoms with Gasteiger partial charge in [-0.1, -0.05) is 0 Å². The third-order valence-electron chi connectivity index (χ3n) is 6.23. The summed E-state index contributed by atoms with van der Waals surface area (Å²) in [5.41, 5.74) is 0.834. The van der Waals surface area contributed by atoms with Crippen LogP contribution in [0.25, 0.3) is 0 Å². The number of anilines is 2. The zero-order valence-corrected chi connectivity index (χ0v) is 18.7. The first-order chi connectivity index (χ1) is 15.9. The largest absolute Gasteiger partial charge is 0.459 e. The van der Waals surface area contributed by atoms with Crippen LogP contribution in [-0.4, -0.2) is 41.8 Å². The summed E-state index contributed by atoms with van der Waals surface area (Å²) in [6, 6.07) is 11.3. The van der Waals surface area contributed by atoms with Gasteiger partial charge in [-0.15, -0.1) is 0 Å². The fourth-order valence-electron chi connectivity index (χ4n) is 4.28. The zero-order chi connectivity index (χ0) is 23.3. The maximum absolute atomic E-state index is 14.9. The fraction of sp³-hybridized carbons (Fsp3) is 0.333. The Morgan fingerprint density at radius 3 is 2.64 bits per heavy atom. The van der Waals surface area contributed by atoms with Crippen molar-refractivity contribution in [3.63, 3.8) is 0 Å². The molecule has 7 nitrogen and oxygen atoms in total. The van der Waals surface area contributed by atoms with Gasteiger partial charge in [-0.3, -0.25) is 9.69 Å². The Bertz CT molecular complexity index is 1230. The Balaban J connectivity index is 1.53. The average Bonchev–Trinajstić information content (AvgIpc) is 3.41. The van der Waals surface area contributed by atoms with Crippen molar-refractivity contribution in [2.24, 2.45) is 0 Å². The van der Waals surface area contributed by atoms with Crippen molar-refractivity contribution < 1.29 is 23.5 Å². The number of ether oxygens (including phenoxy) is 2. The van der Waals surface area contributed by atoms with Crippen LogP contribution in [0, 0.1) is 24.1 Å². The highest BCUT2D eigenvalue weighted by atomic mass is 32.1. The van der Waals surface area contributed by atoms with E-state index < -0.39 is 17.3 Å². The molecule has 1 aliphatic carbocycles. The smallest absolute Gasteiger partial charge is 0.341 e. The molecule has 1 unspecified atom stereocenters. The van der Waals surface area contributed by atoms with Crippen molar-refractivity contribution in [1.82, 2.24) is 0 Å². The van der Waals surface area contributed by atoms with Gasteiger partial charge in [0.1, 0.15) is 11.9 Å². The highest BCUT2D eigenvalue weighted by molar-refractivity contribution is 7.81. The molecule has 0 bridgehead atoms. The summed E-state index contributed by atoms with van der Waals surface area (Å²) in [5, 5.41) is 9.41. The van der Waals surface area contributed by atoms with E-state index in [9.17, 15) is 19.2 Å². The monoisotopic (exact) mass is 465 g/mol. The van der Waals surface area contributed by atoms with Crippen molar-refractivity contribution in [2.45, 2.75) is 37.8 Å². The fourth-order valence-corrected chi connectivity index (χ4v) is 4.75. The average molecular weight is 466 g/mol. The molecule has 2 heterocycles. The van der Waals surface area contributed by atoms with E-state index in [-0.39, 0.29) is 29.3 Å².